The summed E-state index contributed by atoms with van der Waals surface area (Å²) < 4.78 is 28.4. The van der Waals surface area contributed by atoms with Crippen molar-refractivity contribution in [1.82, 2.24) is 9.88 Å². The smallest absolute Gasteiger partial charge is 0.410 e. The molecule has 2 heterocycles. The second kappa shape index (κ2) is 12.9. The molecule has 1 aliphatic rings. The number of benzene rings is 1. The maximum absolute atomic E-state index is 12.3. The van der Waals surface area contributed by atoms with E-state index in [1.165, 1.54) is 29.9 Å². The summed E-state index contributed by atoms with van der Waals surface area (Å²) in [6, 6.07) is 6.22. The van der Waals surface area contributed by atoms with Gasteiger partial charge in [-0.25, -0.2) is 18.2 Å². The van der Waals surface area contributed by atoms with Crippen molar-refractivity contribution in [1.29, 1.82) is 0 Å². The minimum Gasteiger partial charge on any atom is -0.444 e. The molecule has 0 radical (unpaired) electrons. The predicted molar refractivity (Wildman–Crippen MR) is 137 cm³/mol. The molecule has 0 saturated carbocycles. The fourth-order valence-corrected chi connectivity index (χ4v) is 4.39. The lowest BCUT2D eigenvalue weighted by Crippen LogP contribution is -2.33. The molecule has 3 rings (SSSR count). The van der Waals surface area contributed by atoms with Gasteiger partial charge in [-0.1, -0.05) is 57.6 Å². The third-order valence-electron chi connectivity index (χ3n) is 4.07. The van der Waals surface area contributed by atoms with Crippen molar-refractivity contribution in [2.75, 3.05) is 11.6 Å². The van der Waals surface area contributed by atoms with E-state index in [0.29, 0.717) is 23.8 Å². The molecule has 1 aliphatic heterocycles. The van der Waals surface area contributed by atoms with Crippen LogP contribution in [0.2, 0.25) is 0 Å². The van der Waals surface area contributed by atoms with Crippen LogP contribution >= 0.6 is 11.3 Å². The van der Waals surface area contributed by atoms with E-state index < -0.39 is 15.4 Å². The Kier molecular flexibility index (Phi) is 11.2. The molecule has 1 N–H and O–H groups in total. The van der Waals surface area contributed by atoms with E-state index in [1.807, 2.05) is 34.6 Å². The van der Waals surface area contributed by atoms with Crippen LogP contribution in [0, 0.1) is 0 Å². The zero-order valence-electron chi connectivity index (χ0n) is 21.4. The van der Waals surface area contributed by atoms with Crippen LogP contribution in [0.5, 0.6) is 0 Å². The highest BCUT2D eigenvalue weighted by atomic mass is 32.2. The molecule has 0 spiro atoms. The van der Waals surface area contributed by atoms with Crippen LogP contribution in [-0.4, -0.2) is 42.2 Å². The zero-order chi connectivity index (χ0) is 26.1. The lowest BCUT2D eigenvalue weighted by atomic mass is 10.1. The van der Waals surface area contributed by atoms with E-state index in [-0.39, 0.29) is 23.3 Å². The highest BCUT2D eigenvalue weighted by Crippen LogP contribution is 2.32. The predicted octanol–water partition coefficient (Wildman–Crippen LogP) is 5.42. The van der Waals surface area contributed by atoms with Crippen LogP contribution in [-0.2, 0) is 38.9 Å². The minimum absolute atomic E-state index is 0.109. The maximum Gasteiger partial charge on any atom is 0.410 e. The number of fused-ring (bicyclic) bond motifs is 1. The molecular formula is C24H37N3O5S2. The van der Waals surface area contributed by atoms with Crippen LogP contribution in [0.4, 0.5) is 9.93 Å². The van der Waals surface area contributed by atoms with E-state index in [2.05, 4.69) is 24.1 Å². The summed E-state index contributed by atoms with van der Waals surface area (Å²) in [6.07, 6.45) is 2.12. The molecule has 0 aliphatic carbocycles. The standard InChI is InChI=1S/C19H23N3O5S2.C3H8.C2H6/c1-19(2,3)27-18(24)22-10-14-15(11-22)28-17(20-14)21-16(23)9-12-5-7-13(8-6-12)29(4,25)26;1-3-2;1-2/h5-8H,9-11H2,1-4H3,(H,20,21,23);3H2,1-2H3;1-2H3. The van der Waals surface area contributed by atoms with Crippen LogP contribution in [0.3, 0.4) is 0 Å². The van der Waals surface area contributed by atoms with Gasteiger partial charge in [-0.2, -0.15) is 0 Å². The first-order valence-corrected chi connectivity index (χ1v) is 14.1. The quantitative estimate of drug-likeness (QED) is 0.587. The summed E-state index contributed by atoms with van der Waals surface area (Å²) in [6.45, 7) is 14.5. The fraction of sp³-hybridized carbons (Fsp3) is 0.542. The number of rotatable bonds is 4. The van der Waals surface area contributed by atoms with Crippen LogP contribution < -0.4 is 5.32 Å². The van der Waals surface area contributed by atoms with Gasteiger partial charge >= 0.3 is 6.09 Å². The molecule has 2 aromatic rings. The van der Waals surface area contributed by atoms with Crippen molar-refractivity contribution in [3.05, 3.63) is 40.4 Å². The highest BCUT2D eigenvalue weighted by Gasteiger charge is 2.30. The summed E-state index contributed by atoms with van der Waals surface area (Å²) in [4.78, 5) is 31.5. The van der Waals surface area contributed by atoms with Gasteiger partial charge in [0.2, 0.25) is 5.91 Å². The number of aromatic nitrogens is 1. The van der Waals surface area contributed by atoms with Crippen molar-refractivity contribution >= 4 is 38.3 Å². The van der Waals surface area contributed by atoms with Crippen LogP contribution in [0.15, 0.2) is 29.2 Å². The Labute approximate surface area is 207 Å². The molecule has 8 nitrogen and oxygen atoms in total. The SMILES string of the molecule is CC.CC(C)(C)OC(=O)N1Cc2nc(NC(=O)Cc3ccc(S(C)(=O)=O)cc3)sc2C1.CCC. The Morgan fingerprint density at radius 2 is 1.68 bits per heavy atom. The summed E-state index contributed by atoms with van der Waals surface area (Å²) >= 11 is 1.33. The molecule has 190 valence electrons. The number of hydrogen-bond donors (Lipinski definition) is 1. The Hall–Kier alpha value is -2.46. The number of sulfone groups is 1. The lowest BCUT2D eigenvalue weighted by molar-refractivity contribution is -0.115. The third-order valence-corrected chi connectivity index (χ3v) is 6.19. The van der Waals surface area contributed by atoms with Gasteiger partial charge in [-0.05, 0) is 38.5 Å². The molecule has 34 heavy (non-hydrogen) atoms. The second-order valence-electron chi connectivity index (χ2n) is 8.57. The van der Waals surface area contributed by atoms with Gasteiger partial charge in [0, 0.05) is 6.26 Å². The summed E-state index contributed by atoms with van der Waals surface area (Å²) in [5.74, 6) is -0.242. The van der Waals surface area contributed by atoms with E-state index in [1.54, 1.807) is 17.0 Å². The van der Waals surface area contributed by atoms with Crippen LogP contribution in [0.25, 0.3) is 0 Å². The topological polar surface area (TPSA) is 106 Å². The van der Waals surface area contributed by atoms with E-state index in [0.717, 1.165) is 16.8 Å². The van der Waals surface area contributed by atoms with Crippen molar-refractivity contribution in [3.63, 3.8) is 0 Å². The molecule has 0 bridgehead atoms. The number of carbonyl (C=O) groups is 2. The van der Waals surface area contributed by atoms with Gasteiger partial charge in [0.1, 0.15) is 5.60 Å². The largest absolute Gasteiger partial charge is 0.444 e. The first kappa shape index (κ1) is 29.6. The minimum atomic E-state index is -3.26. The number of thiazole rings is 1. The van der Waals surface area contributed by atoms with E-state index in [9.17, 15) is 18.0 Å². The Balaban J connectivity index is 0.00000107. The number of ether oxygens (including phenoxy) is 1. The summed E-state index contributed by atoms with van der Waals surface area (Å²) in [5, 5.41) is 3.25. The Morgan fingerprint density at radius 1 is 1.12 bits per heavy atom. The number of anilines is 1. The average molecular weight is 512 g/mol. The molecule has 10 heteroatoms. The number of hydrogen-bond acceptors (Lipinski definition) is 7. The lowest BCUT2D eigenvalue weighted by Gasteiger charge is -2.24. The summed E-state index contributed by atoms with van der Waals surface area (Å²) in [7, 11) is -3.26. The molecule has 1 aromatic carbocycles. The van der Waals surface area contributed by atoms with Gasteiger partial charge in [0.05, 0.1) is 35.0 Å². The number of nitrogens with zero attached hydrogens (tertiary/aromatic N) is 2. The Morgan fingerprint density at radius 3 is 2.15 bits per heavy atom. The monoisotopic (exact) mass is 511 g/mol. The first-order chi connectivity index (χ1) is 15.8. The van der Waals surface area contributed by atoms with Gasteiger partial charge in [0.25, 0.3) is 0 Å². The van der Waals surface area contributed by atoms with E-state index >= 15 is 0 Å². The zero-order valence-corrected chi connectivity index (χ0v) is 23.0. The number of carbonyl (C=O) groups excluding carboxylic acids is 2. The van der Waals surface area contributed by atoms with Crippen molar-refractivity contribution < 1.29 is 22.7 Å². The normalized spacial score (nSPS) is 12.5. The van der Waals surface area contributed by atoms with Gasteiger partial charge < -0.3 is 10.1 Å². The molecule has 1 aromatic heterocycles. The molecular weight excluding hydrogens is 474 g/mol. The third kappa shape index (κ3) is 9.42. The van der Waals surface area contributed by atoms with Crippen molar-refractivity contribution in [2.24, 2.45) is 0 Å². The molecule has 2 amide bonds. The molecule has 0 unspecified atom stereocenters. The van der Waals surface area contributed by atoms with Crippen LogP contribution in [0.1, 0.15) is 71.0 Å². The van der Waals surface area contributed by atoms with E-state index in [4.69, 9.17) is 4.74 Å². The van der Waals surface area contributed by atoms with Gasteiger partial charge in [-0.15, -0.1) is 0 Å². The first-order valence-electron chi connectivity index (χ1n) is 11.4. The number of nitrogens with one attached hydrogen (secondary N) is 1. The van der Waals surface area contributed by atoms with Crippen molar-refractivity contribution in [3.8, 4) is 0 Å². The second-order valence-corrected chi connectivity index (χ2v) is 11.7. The van der Waals surface area contributed by atoms with Crippen molar-refractivity contribution in [2.45, 2.75) is 84.9 Å². The molecule has 0 atom stereocenters. The van der Waals surface area contributed by atoms with Gasteiger partial charge in [-0.3, -0.25) is 9.69 Å². The highest BCUT2D eigenvalue weighted by molar-refractivity contribution is 7.90. The van der Waals surface area contributed by atoms with Gasteiger partial charge in [0.15, 0.2) is 15.0 Å². The number of amides is 2. The summed E-state index contributed by atoms with van der Waals surface area (Å²) in [5.41, 5.74) is 0.905. The fourth-order valence-electron chi connectivity index (χ4n) is 2.75. The molecule has 0 saturated heterocycles. The maximum atomic E-state index is 12.3. The molecule has 0 fully saturated rings. The Bertz CT molecular complexity index is 1030. The average Bonchev–Trinajstić information content (AvgIpc) is 3.27.